The average molecular weight is 235 g/mol. The van der Waals surface area contributed by atoms with Gasteiger partial charge in [0.2, 0.25) is 0 Å². The van der Waals surface area contributed by atoms with E-state index in [1.807, 2.05) is 24.3 Å². The van der Waals surface area contributed by atoms with Gasteiger partial charge >= 0.3 is 0 Å². The van der Waals surface area contributed by atoms with E-state index >= 15 is 0 Å². The molecule has 17 heavy (non-hydrogen) atoms. The minimum absolute atomic E-state index is 0.459. The van der Waals surface area contributed by atoms with Gasteiger partial charge in [-0.05, 0) is 42.5 Å². The van der Waals surface area contributed by atoms with E-state index in [2.05, 4.69) is 12.2 Å². The zero-order valence-corrected chi connectivity index (χ0v) is 10.5. The third-order valence-corrected chi connectivity index (χ3v) is 3.50. The Morgan fingerprint density at radius 1 is 1.53 bits per heavy atom. The molecule has 0 bridgehead atoms. The largest absolute Gasteiger partial charge is 0.497 e. The highest BCUT2D eigenvalue weighted by Gasteiger charge is 2.31. The van der Waals surface area contributed by atoms with Crippen LogP contribution in [0.3, 0.4) is 0 Å². The van der Waals surface area contributed by atoms with Gasteiger partial charge in [0.15, 0.2) is 0 Å². The summed E-state index contributed by atoms with van der Waals surface area (Å²) in [6, 6.07) is 7.59. The Labute approximate surface area is 103 Å². The molecule has 1 saturated carbocycles. The number of benzene rings is 1. The summed E-state index contributed by atoms with van der Waals surface area (Å²) < 4.78 is 5.14. The first kappa shape index (κ1) is 12.4. The minimum Gasteiger partial charge on any atom is -0.497 e. The Morgan fingerprint density at radius 3 is 2.94 bits per heavy atom. The van der Waals surface area contributed by atoms with Crippen molar-refractivity contribution in [2.45, 2.75) is 19.4 Å². The zero-order chi connectivity index (χ0) is 12.3. The highest BCUT2D eigenvalue weighted by molar-refractivity contribution is 5.29. The maximum absolute atomic E-state index is 10.0. The second kappa shape index (κ2) is 5.52. The molecule has 0 saturated heterocycles. The van der Waals surface area contributed by atoms with Crippen LogP contribution < -0.4 is 10.1 Å². The highest BCUT2D eigenvalue weighted by Crippen LogP contribution is 2.36. The van der Waals surface area contributed by atoms with Crippen molar-refractivity contribution < 1.29 is 9.84 Å². The van der Waals surface area contributed by atoms with Gasteiger partial charge in [0.25, 0.3) is 0 Å². The summed E-state index contributed by atoms with van der Waals surface area (Å²) in [5, 5.41) is 13.3. The van der Waals surface area contributed by atoms with E-state index in [4.69, 9.17) is 4.74 Å². The van der Waals surface area contributed by atoms with E-state index in [0.717, 1.165) is 29.7 Å². The normalized spacial score (nSPS) is 24.4. The fourth-order valence-corrected chi connectivity index (χ4v) is 2.06. The minimum atomic E-state index is -0.459. The smallest absolute Gasteiger partial charge is 0.119 e. The van der Waals surface area contributed by atoms with E-state index in [1.54, 1.807) is 7.11 Å². The molecule has 94 valence electrons. The summed E-state index contributed by atoms with van der Waals surface area (Å²) in [4.78, 5) is 0. The molecule has 3 heteroatoms. The number of aliphatic hydroxyl groups is 1. The Hall–Kier alpha value is -1.06. The van der Waals surface area contributed by atoms with Crippen LogP contribution in [0, 0.1) is 11.8 Å². The molecule has 0 spiro atoms. The third-order valence-electron chi connectivity index (χ3n) is 3.50. The fraction of sp³-hybridized carbons (Fsp3) is 0.571. The first-order chi connectivity index (χ1) is 8.20. The lowest BCUT2D eigenvalue weighted by Crippen LogP contribution is -2.23. The molecule has 3 nitrogen and oxygen atoms in total. The van der Waals surface area contributed by atoms with Crippen LogP contribution in [0.1, 0.15) is 25.0 Å². The van der Waals surface area contributed by atoms with Crippen molar-refractivity contribution in [1.82, 2.24) is 5.32 Å². The second-order valence-corrected chi connectivity index (χ2v) is 4.92. The van der Waals surface area contributed by atoms with Crippen LogP contribution in [-0.4, -0.2) is 25.3 Å². The number of aliphatic hydroxyl groups excluding tert-OH is 1. The maximum Gasteiger partial charge on any atom is 0.119 e. The molecule has 1 fully saturated rings. The third kappa shape index (κ3) is 3.45. The molecular formula is C14H21NO2. The lowest BCUT2D eigenvalue weighted by atomic mass is 10.1. The molecule has 0 amide bonds. The van der Waals surface area contributed by atoms with Gasteiger partial charge < -0.3 is 15.2 Å². The number of rotatable bonds is 6. The number of hydrogen-bond donors (Lipinski definition) is 2. The molecule has 3 unspecified atom stereocenters. The van der Waals surface area contributed by atoms with Gasteiger partial charge in [-0.25, -0.2) is 0 Å². The van der Waals surface area contributed by atoms with Gasteiger partial charge in [0.05, 0.1) is 13.2 Å². The van der Waals surface area contributed by atoms with Crippen LogP contribution in [0.2, 0.25) is 0 Å². The van der Waals surface area contributed by atoms with Crippen LogP contribution in [-0.2, 0) is 0 Å². The molecule has 3 atom stereocenters. The summed E-state index contributed by atoms with van der Waals surface area (Å²) >= 11 is 0. The van der Waals surface area contributed by atoms with Crippen molar-refractivity contribution in [3.63, 3.8) is 0 Å². The van der Waals surface area contributed by atoms with Crippen molar-refractivity contribution in [1.29, 1.82) is 0 Å². The van der Waals surface area contributed by atoms with Crippen molar-refractivity contribution in [2.24, 2.45) is 11.8 Å². The standard InChI is InChI=1S/C14H21NO2/c1-10-6-12(10)8-15-9-14(16)11-4-3-5-13(7-11)17-2/h3-5,7,10,12,14-16H,6,8-9H2,1-2H3. The first-order valence-corrected chi connectivity index (χ1v) is 6.23. The molecule has 2 rings (SSSR count). The lowest BCUT2D eigenvalue weighted by molar-refractivity contribution is 0.174. The van der Waals surface area contributed by atoms with Gasteiger partial charge in [-0.15, -0.1) is 0 Å². The number of ether oxygens (including phenoxy) is 1. The summed E-state index contributed by atoms with van der Waals surface area (Å²) in [6.45, 7) is 3.89. The van der Waals surface area contributed by atoms with Gasteiger partial charge in [0, 0.05) is 6.54 Å². The van der Waals surface area contributed by atoms with Crippen molar-refractivity contribution in [3.8, 4) is 5.75 Å². The average Bonchev–Trinajstić information content (AvgIpc) is 3.05. The fourth-order valence-electron chi connectivity index (χ4n) is 2.06. The van der Waals surface area contributed by atoms with Crippen molar-refractivity contribution >= 4 is 0 Å². The van der Waals surface area contributed by atoms with Gasteiger partial charge in [-0.1, -0.05) is 19.1 Å². The van der Waals surface area contributed by atoms with Gasteiger partial charge in [0.1, 0.15) is 5.75 Å². The van der Waals surface area contributed by atoms with Gasteiger partial charge in [-0.2, -0.15) is 0 Å². The monoisotopic (exact) mass is 235 g/mol. The molecule has 1 aromatic carbocycles. The number of hydrogen-bond acceptors (Lipinski definition) is 3. The van der Waals surface area contributed by atoms with Crippen LogP contribution in [0.4, 0.5) is 0 Å². The Bertz CT molecular complexity index is 367. The molecule has 0 heterocycles. The molecule has 1 aromatic rings. The van der Waals surface area contributed by atoms with Gasteiger partial charge in [-0.3, -0.25) is 0 Å². The predicted octanol–water partition coefficient (Wildman–Crippen LogP) is 1.97. The van der Waals surface area contributed by atoms with Crippen molar-refractivity contribution in [2.75, 3.05) is 20.2 Å². The molecule has 0 aliphatic heterocycles. The molecule has 1 aliphatic rings. The first-order valence-electron chi connectivity index (χ1n) is 6.23. The summed E-state index contributed by atoms with van der Waals surface area (Å²) in [7, 11) is 1.64. The second-order valence-electron chi connectivity index (χ2n) is 4.92. The Balaban J connectivity index is 1.79. The summed E-state index contributed by atoms with van der Waals surface area (Å²) in [5.41, 5.74) is 0.903. The lowest BCUT2D eigenvalue weighted by Gasteiger charge is -2.13. The molecular weight excluding hydrogens is 214 g/mol. The van der Waals surface area contributed by atoms with Crippen LogP contribution in [0.25, 0.3) is 0 Å². The van der Waals surface area contributed by atoms with Crippen LogP contribution >= 0.6 is 0 Å². The predicted molar refractivity (Wildman–Crippen MR) is 68.1 cm³/mol. The SMILES string of the molecule is COc1cccc(C(O)CNCC2CC2C)c1. The van der Waals surface area contributed by atoms with E-state index in [9.17, 15) is 5.11 Å². The van der Waals surface area contributed by atoms with E-state index in [-0.39, 0.29) is 0 Å². The topological polar surface area (TPSA) is 41.5 Å². The van der Waals surface area contributed by atoms with Crippen LogP contribution in [0.15, 0.2) is 24.3 Å². The number of methoxy groups -OCH3 is 1. The summed E-state index contributed by atoms with van der Waals surface area (Å²) in [5.74, 6) is 2.46. The maximum atomic E-state index is 10.0. The summed E-state index contributed by atoms with van der Waals surface area (Å²) in [6.07, 6.45) is 0.863. The van der Waals surface area contributed by atoms with Crippen molar-refractivity contribution in [3.05, 3.63) is 29.8 Å². The van der Waals surface area contributed by atoms with Crippen LogP contribution in [0.5, 0.6) is 5.75 Å². The highest BCUT2D eigenvalue weighted by atomic mass is 16.5. The number of nitrogens with one attached hydrogen (secondary N) is 1. The Kier molecular flexibility index (Phi) is 4.02. The molecule has 0 radical (unpaired) electrons. The quantitative estimate of drug-likeness (QED) is 0.792. The molecule has 0 aromatic heterocycles. The molecule has 1 aliphatic carbocycles. The molecule has 2 N–H and O–H groups in total. The van der Waals surface area contributed by atoms with E-state index in [1.165, 1.54) is 6.42 Å². The van der Waals surface area contributed by atoms with E-state index < -0.39 is 6.10 Å². The van der Waals surface area contributed by atoms with E-state index in [0.29, 0.717) is 6.54 Å². The zero-order valence-electron chi connectivity index (χ0n) is 10.5. The Morgan fingerprint density at radius 2 is 2.29 bits per heavy atom.